The van der Waals surface area contributed by atoms with Crippen LogP contribution in [0.3, 0.4) is 0 Å². The van der Waals surface area contributed by atoms with Gasteiger partial charge in [0.1, 0.15) is 16.5 Å². The van der Waals surface area contributed by atoms with E-state index in [0.717, 1.165) is 16.3 Å². The second-order valence-electron chi connectivity index (χ2n) is 4.30. The summed E-state index contributed by atoms with van der Waals surface area (Å²) in [5.41, 5.74) is 6.90. The summed E-state index contributed by atoms with van der Waals surface area (Å²) in [4.78, 5) is 18.1. The summed E-state index contributed by atoms with van der Waals surface area (Å²) in [6.07, 6.45) is 0. The number of benzene rings is 1. The molecule has 20 heavy (non-hydrogen) atoms. The highest BCUT2D eigenvalue weighted by Crippen LogP contribution is 2.20. The maximum atomic E-state index is 12.3. The first-order valence-electron chi connectivity index (χ1n) is 6.17. The van der Waals surface area contributed by atoms with Crippen LogP contribution < -0.4 is 10.5 Å². The topological polar surface area (TPSA) is 68.5 Å². The number of hydrogen-bond acceptors (Lipinski definition) is 5. The SMILES string of the molecule is COc1ccccc1CN(C)C(=O)c1csc(CN)n1. The first-order valence-corrected chi connectivity index (χ1v) is 7.05. The highest BCUT2D eigenvalue weighted by Gasteiger charge is 2.16. The summed E-state index contributed by atoms with van der Waals surface area (Å²) in [5.74, 6) is 0.653. The lowest BCUT2D eigenvalue weighted by atomic mass is 10.2. The molecular formula is C14H17N3O2S. The molecule has 0 unspecified atom stereocenters. The highest BCUT2D eigenvalue weighted by atomic mass is 32.1. The van der Waals surface area contributed by atoms with E-state index in [1.54, 1.807) is 24.4 Å². The average molecular weight is 291 g/mol. The first-order chi connectivity index (χ1) is 9.65. The van der Waals surface area contributed by atoms with E-state index in [0.29, 0.717) is 18.8 Å². The van der Waals surface area contributed by atoms with Crippen molar-refractivity contribution in [3.05, 3.63) is 45.9 Å². The van der Waals surface area contributed by atoms with Crippen LogP contribution in [0.4, 0.5) is 0 Å². The molecule has 0 saturated carbocycles. The number of para-hydroxylation sites is 1. The number of carbonyl (C=O) groups is 1. The van der Waals surface area contributed by atoms with Crippen LogP contribution >= 0.6 is 11.3 Å². The summed E-state index contributed by atoms with van der Waals surface area (Å²) in [6, 6.07) is 7.64. The summed E-state index contributed by atoms with van der Waals surface area (Å²) in [7, 11) is 3.37. The lowest BCUT2D eigenvalue weighted by Crippen LogP contribution is -2.26. The Kier molecular flexibility index (Phi) is 4.70. The fourth-order valence-electron chi connectivity index (χ4n) is 1.86. The third-order valence-electron chi connectivity index (χ3n) is 2.89. The number of amides is 1. The van der Waals surface area contributed by atoms with Gasteiger partial charge in [-0.15, -0.1) is 11.3 Å². The number of rotatable bonds is 5. The zero-order valence-corrected chi connectivity index (χ0v) is 12.3. The Morgan fingerprint density at radius 3 is 2.85 bits per heavy atom. The summed E-state index contributed by atoms with van der Waals surface area (Å²) in [6.45, 7) is 0.826. The minimum Gasteiger partial charge on any atom is -0.496 e. The predicted molar refractivity (Wildman–Crippen MR) is 78.8 cm³/mol. The zero-order valence-electron chi connectivity index (χ0n) is 11.5. The maximum Gasteiger partial charge on any atom is 0.273 e. The lowest BCUT2D eigenvalue weighted by Gasteiger charge is -2.17. The Bertz CT molecular complexity index is 598. The number of ether oxygens (including phenoxy) is 1. The van der Waals surface area contributed by atoms with E-state index in [1.165, 1.54) is 11.3 Å². The average Bonchev–Trinajstić information content (AvgIpc) is 2.95. The van der Waals surface area contributed by atoms with Gasteiger partial charge in [-0.1, -0.05) is 18.2 Å². The molecule has 1 amide bonds. The Morgan fingerprint density at radius 2 is 2.20 bits per heavy atom. The van der Waals surface area contributed by atoms with Crippen molar-refractivity contribution in [2.45, 2.75) is 13.1 Å². The molecule has 1 aromatic heterocycles. The third kappa shape index (κ3) is 3.15. The number of carbonyl (C=O) groups excluding carboxylic acids is 1. The summed E-state index contributed by atoms with van der Waals surface area (Å²) < 4.78 is 5.29. The lowest BCUT2D eigenvalue weighted by molar-refractivity contribution is 0.0779. The number of methoxy groups -OCH3 is 1. The molecule has 0 bridgehead atoms. The van der Waals surface area contributed by atoms with E-state index in [1.807, 2.05) is 24.3 Å². The molecule has 0 aliphatic rings. The van der Waals surface area contributed by atoms with Gasteiger partial charge in [-0.05, 0) is 6.07 Å². The van der Waals surface area contributed by atoms with Crippen LogP contribution in [0.5, 0.6) is 5.75 Å². The van der Waals surface area contributed by atoms with Crippen molar-refractivity contribution >= 4 is 17.2 Å². The molecule has 0 saturated heterocycles. The second kappa shape index (κ2) is 6.49. The molecule has 6 heteroatoms. The molecule has 1 heterocycles. The van der Waals surface area contributed by atoms with Gasteiger partial charge in [-0.3, -0.25) is 4.79 Å². The quantitative estimate of drug-likeness (QED) is 0.913. The van der Waals surface area contributed by atoms with Gasteiger partial charge in [0.25, 0.3) is 5.91 Å². The molecule has 0 aliphatic carbocycles. The molecule has 5 nitrogen and oxygen atoms in total. The van der Waals surface area contributed by atoms with Gasteiger partial charge in [0.05, 0.1) is 7.11 Å². The molecule has 0 radical (unpaired) electrons. The van der Waals surface area contributed by atoms with Crippen molar-refractivity contribution < 1.29 is 9.53 Å². The van der Waals surface area contributed by atoms with Crippen LogP contribution in [0.25, 0.3) is 0 Å². The minimum atomic E-state index is -0.119. The normalized spacial score (nSPS) is 10.3. The minimum absolute atomic E-state index is 0.119. The van der Waals surface area contributed by atoms with Crippen LogP contribution in [-0.2, 0) is 13.1 Å². The van der Waals surface area contributed by atoms with Gasteiger partial charge in [-0.2, -0.15) is 0 Å². The molecule has 0 aliphatic heterocycles. The molecule has 2 rings (SSSR count). The van der Waals surface area contributed by atoms with Crippen molar-refractivity contribution in [1.82, 2.24) is 9.88 Å². The molecule has 106 valence electrons. The van der Waals surface area contributed by atoms with Gasteiger partial charge >= 0.3 is 0 Å². The number of hydrogen-bond donors (Lipinski definition) is 1. The van der Waals surface area contributed by atoms with E-state index in [9.17, 15) is 4.79 Å². The highest BCUT2D eigenvalue weighted by molar-refractivity contribution is 7.09. The van der Waals surface area contributed by atoms with Gasteiger partial charge in [-0.25, -0.2) is 4.98 Å². The number of nitrogens with zero attached hydrogens (tertiary/aromatic N) is 2. The summed E-state index contributed by atoms with van der Waals surface area (Å²) in [5, 5.41) is 2.50. The van der Waals surface area contributed by atoms with Crippen molar-refractivity contribution in [2.75, 3.05) is 14.2 Å². The number of thiazole rings is 1. The molecular weight excluding hydrogens is 274 g/mol. The van der Waals surface area contributed by atoms with Gasteiger partial charge in [0.15, 0.2) is 0 Å². The van der Waals surface area contributed by atoms with E-state index in [-0.39, 0.29) is 5.91 Å². The van der Waals surface area contributed by atoms with Crippen LogP contribution in [0.2, 0.25) is 0 Å². The van der Waals surface area contributed by atoms with Crippen molar-refractivity contribution in [3.8, 4) is 5.75 Å². The molecule has 0 spiro atoms. The Labute approximate surface area is 122 Å². The van der Waals surface area contributed by atoms with Gasteiger partial charge < -0.3 is 15.4 Å². The Morgan fingerprint density at radius 1 is 1.45 bits per heavy atom. The standard InChI is InChI=1S/C14H17N3O2S/c1-17(8-10-5-3-4-6-12(10)19-2)14(18)11-9-20-13(7-15)16-11/h3-6,9H,7-8,15H2,1-2H3. The zero-order chi connectivity index (χ0) is 14.5. The van der Waals surface area contributed by atoms with Crippen LogP contribution in [0.1, 0.15) is 21.1 Å². The maximum absolute atomic E-state index is 12.3. The molecule has 0 fully saturated rings. The number of aromatic nitrogens is 1. The van der Waals surface area contributed by atoms with E-state index in [2.05, 4.69) is 4.98 Å². The third-order valence-corrected chi connectivity index (χ3v) is 3.76. The van der Waals surface area contributed by atoms with Crippen LogP contribution in [-0.4, -0.2) is 29.9 Å². The first kappa shape index (κ1) is 14.5. The second-order valence-corrected chi connectivity index (χ2v) is 5.25. The van der Waals surface area contributed by atoms with Gasteiger partial charge in [0.2, 0.25) is 0 Å². The summed E-state index contributed by atoms with van der Waals surface area (Å²) >= 11 is 1.40. The fraction of sp³-hybridized carbons (Fsp3) is 0.286. The van der Waals surface area contributed by atoms with Crippen molar-refractivity contribution in [2.24, 2.45) is 5.73 Å². The molecule has 0 atom stereocenters. The fourth-order valence-corrected chi connectivity index (χ4v) is 2.51. The molecule has 2 N–H and O–H groups in total. The van der Waals surface area contributed by atoms with E-state index in [4.69, 9.17) is 10.5 Å². The molecule has 1 aromatic carbocycles. The van der Waals surface area contributed by atoms with Gasteiger partial charge in [0, 0.05) is 31.1 Å². The largest absolute Gasteiger partial charge is 0.496 e. The Hall–Kier alpha value is -1.92. The Balaban J connectivity index is 2.11. The smallest absolute Gasteiger partial charge is 0.273 e. The van der Waals surface area contributed by atoms with Crippen LogP contribution in [0.15, 0.2) is 29.6 Å². The van der Waals surface area contributed by atoms with E-state index >= 15 is 0 Å². The van der Waals surface area contributed by atoms with E-state index < -0.39 is 0 Å². The van der Waals surface area contributed by atoms with Crippen molar-refractivity contribution in [1.29, 1.82) is 0 Å². The predicted octanol–water partition coefficient (Wildman–Crippen LogP) is 1.88. The van der Waals surface area contributed by atoms with Crippen molar-refractivity contribution in [3.63, 3.8) is 0 Å². The number of nitrogens with two attached hydrogens (primary N) is 1. The monoisotopic (exact) mass is 291 g/mol. The van der Waals surface area contributed by atoms with Crippen LogP contribution in [0, 0.1) is 0 Å². The molecule has 2 aromatic rings.